The molecule has 0 fully saturated rings. The van der Waals surface area contributed by atoms with Crippen LogP contribution in [0.25, 0.3) is 11.0 Å². The monoisotopic (exact) mass is 262 g/mol. The number of aromatic nitrogens is 3. The number of aromatic amines is 1. The summed E-state index contributed by atoms with van der Waals surface area (Å²) in [4.78, 5) is 0. The smallest absolute Gasteiger partial charge is 0.152 e. The summed E-state index contributed by atoms with van der Waals surface area (Å²) in [6.45, 7) is 0. The summed E-state index contributed by atoms with van der Waals surface area (Å²) in [6.07, 6.45) is 1.66. The van der Waals surface area contributed by atoms with Gasteiger partial charge in [0.25, 0.3) is 0 Å². The molecule has 2 heterocycles. The van der Waals surface area contributed by atoms with Gasteiger partial charge in [-0.25, -0.2) is 0 Å². The molecule has 0 radical (unpaired) electrons. The number of H-pyrrole nitrogens is 1. The van der Waals surface area contributed by atoms with Gasteiger partial charge in [-0.15, -0.1) is 0 Å². The summed E-state index contributed by atoms with van der Waals surface area (Å²) < 4.78 is 5.80. The number of para-hydroxylation sites is 1. The van der Waals surface area contributed by atoms with Gasteiger partial charge in [0.2, 0.25) is 0 Å². The summed E-state index contributed by atoms with van der Waals surface area (Å²) in [5.74, 6) is 0.759. The maximum Gasteiger partial charge on any atom is 0.152 e. The zero-order valence-electron chi connectivity index (χ0n) is 9.64. The van der Waals surface area contributed by atoms with Gasteiger partial charge in [-0.05, 0) is 19.2 Å². The van der Waals surface area contributed by atoms with Crippen LogP contribution in [0.5, 0.6) is 0 Å². The third-order valence-corrected chi connectivity index (χ3v) is 3.12. The molecule has 2 aromatic heterocycles. The van der Waals surface area contributed by atoms with E-state index in [1.807, 2.05) is 31.3 Å². The molecule has 0 aliphatic carbocycles. The molecule has 0 saturated heterocycles. The van der Waals surface area contributed by atoms with Crippen LogP contribution in [-0.2, 0) is 0 Å². The van der Waals surface area contributed by atoms with Gasteiger partial charge < -0.3 is 9.73 Å². The molecule has 1 atom stereocenters. The normalized spacial score (nSPS) is 13.0. The summed E-state index contributed by atoms with van der Waals surface area (Å²) in [7, 11) is 1.84. The molecule has 3 aromatic rings. The van der Waals surface area contributed by atoms with Crippen molar-refractivity contribution in [1.29, 1.82) is 0 Å². The van der Waals surface area contributed by atoms with Crippen LogP contribution in [0.2, 0.25) is 5.02 Å². The SMILES string of the molecule is CNC(c1cn[nH]n1)c1cc2cccc(Cl)c2o1. The van der Waals surface area contributed by atoms with Crippen molar-refractivity contribution >= 4 is 22.6 Å². The molecule has 3 rings (SSSR count). The number of benzene rings is 1. The van der Waals surface area contributed by atoms with Crippen LogP contribution in [-0.4, -0.2) is 22.5 Å². The van der Waals surface area contributed by atoms with Crippen LogP contribution in [0.3, 0.4) is 0 Å². The zero-order valence-corrected chi connectivity index (χ0v) is 10.4. The van der Waals surface area contributed by atoms with Crippen LogP contribution in [0.4, 0.5) is 0 Å². The molecule has 5 nitrogen and oxygen atoms in total. The molecular formula is C12H11ClN4O. The van der Waals surface area contributed by atoms with Gasteiger partial charge >= 0.3 is 0 Å². The van der Waals surface area contributed by atoms with Crippen molar-refractivity contribution in [3.63, 3.8) is 0 Å². The molecule has 0 aliphatic rings. The Labute approximate surface area is 108 Å². The highest BCUT2D eigenvalue weighted by Crippen LogP contribution is 2.30. The van der Waals surface area contributed by atoms with Gasteiger partial charge in [0.15, 0.2) is 5.58 Å². The second-order valence-electron chi connectivity index (χ2n) is 3.92. The second kappa shape index (κ2) is 4.44. The van der Waals surface area contributed by atoms with E-state index >= 15 is 0 Å². The third kappa shape index (κ3) is 1.77. The predicted molar refractivity (Wildman–Crippen MR) is 68.5 cm³/mol. The molecule has 0 saturated carbocycles. The van der Waals surface area contributed by atoms with Crippen molar-refractivity contribution in [2.75, 3.05) is 7.05 Å². The van der Waals surface area contributed by atoms with E-state index in [0.29, 0.717) is 10.6 Å². The van der Waals surface area contributed by atoms with Gasteiger partial charge in [0.1, 0.15) is 17.5 Å². The van der Waals surface area contributed by atoms with E-state index in [-0.39, 0.29) is 6.04 Å². The minimum absolute atomic E-state index is 0.146. The maximum absolute atomic E-state index is 6.09. The molecule has 0 amide bonds. The van der Waals surface area contributed by atoms with Gasteiger partial charge in [-0.2, -0.15) is 15.4 Å². The van der Waals surface area contributed by atoms with E-state index in [0.717, 1.165) is 16.8 Å². The van der Waals surface area contributed by atoms with Crippen molar-refractivity contribution in [2.24, 2.45) is 0 Å². The highest BCUT2D eigenvalue weighted by atomic mass is 35.5. The Balaban J connectivity index is 2.11. The molecular weight excluding hydrogens is 252 g/mol. The first kappa shape index (κ1) is 11.3. The van der Waals surface area contributed by atoms with Gasteiger partial charge in [-0.1, -0.05) is 23.7 Å². The van der Waals surface area contributed by atoms with Crippen LogP contribution in [0.1, 0.15) is 17.5 Å². The van der Waals surface area contributed by atoms with Crippen LogP contribution >= 0.6 is 11.6 Å². The number of halogens is 1. The lowest BCUT2D eigenvalue weighted by Gasteiger charge is -2.09. The third-order valence-electron chi connectivity index (χ3n) is 2.82. The first-order valence-electron chi connectivity index (χ1n) is 5.50. The van der Waals surface area contributed by atoms with Crippen LogP contribution in [0.15, 0.2) is 34.9 Å². The quantitative estimate of drug-likeness (QED) is 0.761. The lowest BCUT2D eigenvalue weighted by atomic mass is 10.1. The largest absolute Gasteiger partial charge is 0.457 e. The maximum atomic E-state index is 6.09. The zero-order chi connectivity index (χ0) is 12.5. The Kier molecular flexibility index (Phi) is 2.77. The second-order valence-corrected chi connectivity index (χ2v) is 4.33. The molecule has 2 N–H and O–H groups in total. The van der Waals surface area contributed by atoms with Gasteiger partial charge in [0, 0.05) is 5.39 Å². The number of nitrogens with one attached hydrogen (secondary N) is 2. The van der Waals surface area contributed by atoms with Crippen molar-refractivity contribution < 1.29 is 4.42 Å². The minimum atomic E-state index is -0.146. The fraction of sp³-hybridized carbons (Fsp3) is 0.167. The van der Waals surface area contributed by atoms with Crippen molar-refractivity contribution in [1.82, 2.24) is 20.7 Å². The lowest BCUT2D eigenvalue weighted by molar-refractivity contribution is 0.485. The van der Waals surface area contributed by atoms with Crippen LogP contribution in [0, 0.1) is 0 Å². The number of hydrogen-bond donors (Lipinski definition) is 2. The minimum Gasteiger partial charge on any atom is -0.457 e. The van der Waals surface area contributed by atoms with E-state index in [1.54, 1.807) is 6.20 Å². The lowest BCUT2D eigenvalue weighted by Crippen LogP contribution is -2.17. The summed E-state index contributed by atoms with van der Waals surface area (Å²) in [5.41, 5.74) is 1.46. The number of fused-ring (bicyclic) bond motifs is 1. The fourth-order valence-corrected chi connectivity index (χ4v) is 2.20. The number of nitrogens with zero attached hydrogens (tertiary/aromatic N) is 2. The molecule has 92 valence electrons. The van der Waals surface area contributed by atoms with E-state index in [2.05, 4.69) is 20.7 Å². The van der Waals surface area contributed by atoms with Gasteiger partial charge in [0.05, 0.1) is 11.2 Å². The van der Waals surface area contributed by atoms with E-state index in [4.69, 9.17) is 16.0 Å². The molecule has 6 heteroatoms. The predicted octanol–water partition coefficient (Wildman–Crippen LogP) is 2.51. The molecule has 1 aromatic carbocycles. The highest BCUT2D eigenvalue weighted by Gasteiger charge is 2.19. The summed E-state index contributed by atoms with van der Waals surface area (Å²) in [5, 5.41) is 15.2. The Morgan fingerprint density at radius 2 is 2.33 bits per heavy atom. The molecule has 0 aliphatic heterocycles. The van der Waals surface area contributed by atoms with Crippen molar-refractivity contribution in [3.8, 4) is 0 Å². The Morgan fingerprint density at radius 1 is 1.44 bits per heavy atom. The molecule has 1 unspecified atom stereocenters. The average Bonchev–Trinajstić information content (AvgIpc) is 3.00. The molecule has 18 heavy (non-hydrogen) atoms. The Morgan fingerprint density at radius 3 is 3.00 bits per heavy atom. The van der Waals surface area contributed by atoms with Crippen molar-refractivity contribution in [3.05, 3.63) is 46.9 Å². The standard InChI is InChI=1S/C12H11ClN4O/c1-14-11(9-6-15-17-16-9)10-5-7-3-2-4-8(13)12(7)18-10/h2-6,11,14H,1H3,(H,15,16,17). The fourth-order valence-electron chi connectivity index (χ4n) is 1.98. The highest BCUT2D eigenvalue weighted by molar-refractivity contribution is 6.34. The van der Waals surface area contributed by atoms with E-state index in [1.165, 1.54) is 0 Å². The number of hydrogen-bond acceptors (Lipinski definition) is 4. The van der Waals surface area contributed by atoms with E-state index in [9.17, 15) is 0 Å². The first-order valence-corrected chi connectivity index (χ1v) is 5.88. The van der Waals surface area contributed by atoms with Crippen LogP contribution < -0.4 is 5.32 Å². The number of furan rings is 1. The first-order chi connectivity index (χ1) is 8.79. The van der Waals surface area contributed by atoms with Crippen molar-refractivity contribution in [2.45, 2.75) is 6.04 Å². The number of rotatable bonds is 3. The molecule has 0 bridgehead atoms. The molecule has 0 spiro atoms. The summed E-state index contributed by atoms with van der Waals surface area (Å²) in [6, 6.07) is 7.48. The Bertz CT molecular complexity index is 662. The summed E-state index contributed by atoms with van der Waals surface area (Å²) >= 11 is 6.09. The van der Waals surface area contributed by atoms with Gasteiger partial charge in [-0.3, -0.25) is 0 Å². The average molecular weight is 263 g/mol. The van der Waals surface area contributed by atoms with E-state index < -0.39 is 0 Å². The Hall–Kier alpha value is -1.85. The topological polar surface area (TPSA) is 66.7 Å².